The van der Waals surface area contributed by atoms with Gasteiger partial charge in [0.05, 0.1) is 21.9 Å². The summed E-state index contributed by atoms with van der Waals surface area (Å²) in [5, 5.41) is 11.4. The van der Waals surface area contributed by atoms with Crippen LogP contribution in [0.1, 0.15) is 21.6 Å². The third-order valence-corrected chi connectivity index (χ3v) is 7.42. The first-order valence-corrected chi connectivity index (χ1v) is 12.1. The van der Waals surface area contributed by atoms with Gasteiger partial charge in [0, 0.05) is 30.7 Å². The van der Waals surface area contributed by atoms with Crippen molar-refractivity contribution in [3.63, 3.8) is 0 Å². The Labute approximate surface area is 191 Å². The Hall–Kier alpha value is -3.85. The van der Waals surface area contributed by atoms with Crippen LogP contribution in [0.4, 0.5) is 11.5 Å². The number of carbonyl (C=O) groups excluding carboxylic acids is 1. The van der Waals surface area contributed by atoms with Gasteiger partial charge >= 0.3 is 0 Å². The summed E-state index contributed by atoms with van der Waals surface area (Å²) in [7, 11) is -3.39. The number of nitrogens with zero attached hydrogens (tertiary/aromatic N) is 4. The lowest BCUT2D eigenvalue weighted by Crippen LogP contribution is -2.26. The van der Waals surface area contributed by atoms with Crippen molar-refractivity contribution in [1.82, 2.24) is 15.2 Å². The Balaban J connectivity index is 1.58. The number of rotatable bonds is 3. The van der Waals surface area contributed by atoms with Gasteiger partial charge < -0.3 is 10.2 Å². The number of carbonyl (C=O) groups is 1. The predicted molar refractivity (Wildman–Crippen MR) is 126 cm³/mol. The molecule has 0 unspecified atom stereocenters. The van der Waals surface area contributed by atoms with E-state index in [2.05, 4.69) is 15.5 Å². The maximum Gasteiger partial charge on any atom is 0.276 e. The third-order valence-electron chi connectivity index (χ3n) is 5.63. The molecule has 33 heavy (non-hydrogen) atoms. The van der Waals surface area contributed by atoms with E-state index in [1.165, 1.54) is 6.20 Å². The first-order chi connectivity index (χ1) is 15.9. The number of amides is 1. The van der Waals surface area contributed by atoms with Gasteiger partial charge in [-0.25, -0.2) is 13.4 Å². The smallest absolute Gasteiger partial charge is 0.276 e. The Morgan fingerprint density at radius 3 is 2.73 bits per heavy atom. The molecule has 5 rings (SSSR count). The topological polar surface area (TPSA) is 105 Å². The molecule has 0 atom stereocenters. The highest BCUT2D eigenvalue weighted by Crippen LogP contribution is 2.31. The molecule has 1 amide bonds. The molecule has 1 N–H and O–H groups in total. The number of aryl methyl sites for hydroxylation is 1. The van der Waals surface area contributed by atoms with Crippen molar-refractivity contribution < 1.29 is 13.2 Å². The zero-order chi connectivity index (χ0) is 23.0. The van der Waals surface area contributed by atoms with Crippen molar-refractivity contribution in [1.29, 1.82) is 0 Å². The van der Waals surface area contributed by atoms with Crippen LogP contribution in [-0.4, -0.2) is 41.8 Å². The minimum Gasteiger partial charge on any atom is -0.351 e. The van der Waals surface area contributed by atoms with E-state index >= 15 is 0 Å². The number of aromatic nitrogens is 3. The summed E-state index contributed by atoms with van der Waals surface area (Å²) in [6, 6.07) is 17.9. The van der Waals surface area contributed by atoms with E-state index in [1.807, 2.05) is 42.2 Å². The van der Waals surface area contributed by atoms with Crippen molar-refractivity contribution in [3.05, 3.63) is 83.7 Å². The summed E-state index contributed by atoms with van der Waals surface area (Å²) in [4.78, 5) is 19.9. The zero-order valence-electron chi connectivity index (χ0n) is 17.9. The molecular weight excluding hydrogens is 438 g/mol. The highest BCUT2D eigenvalue weighted by molar-refractivity contribution is 7.91. The fourth-order valence-corrected chi connectivity index (χ4v) is 5.46. The van der Waals surface area contributed by atoms with Crippen molar-refractivity contribution in [2.24, 2.45) is 0 Å². The van der Waals surface area contributed by atoms with Gasteiger partial charge in [0.2, 0.25) is 0 Å². The van der Waals surface area contributed by atoms with Crippen molar-refractivity contribution >= 4 is 38.2 Å². The Kier molecular flexibility index (Phi) is 5.26. The molecular formula is C24H21N5O3S. The molecule has 8 nitrogen and oxygen atoms in total. The molecule has 0 saturated heterocycles. The number of benzene rings is 2. The molecule has 0 radical (unpaired) electrons. The Morgan fingerprint density at radius 1 is 1.06 bits per heavy atom. The quantitative estimate of drug-likeness (QED) is 0.501. The van der Waals surface area contributed by atoms with Crippen molar-refractivity contribution in [2.45, 2.75) is 18.4 Å². The molecule has 0 fully saturated rings. The number of hydrogen-bond donors (Lipinski definition) is 1. The average molecular weight is 460 g/mol. The van der Waals surface area contributed by atoms with Gasteiger partial charge in [-0.2, -0.15) is 5.10 Å². The van der Waals surface area contributed by atoms with Gasteiger partial charge in [-0.1, -0.05) is 29.8 Å². The van der Waals surface area contributed by atoms with Gasteiger partial charge in [0.15, 0.2) is 15.5 Å². The van der Waals surface area contributed by atoms with Crippen LogP contribution < -0.4 is 10.2 Å². The minimum absolute atomic E-state index is 0.0150. The van der Waals surface area contributed by atoms with Crippen LogP contribution in [0.25, 0.3) is 10.9 Å². The van der Waals surface area contributed by atoms with Gasteiger partial charge in [-0.15, -0.1) is 5.10 Å². The van der Waals surface area contributed by atoms with Crippen LogP contribution in [0.3, 0.4) is 0 Å². The molecule has 2 aromatic heterocycles. The standard InChI is InChI=1S/C24H21N5O3S/c1-16-8-9-19-18(13-16)21(27-24(30)20-6-4-10-25-28-20)14-23(26-19)29-11-12-33(31,32)22-7-3-2-5-17(22)15-29/h2-10,13-14H,11-12,15H2,1H3,(H,26,27,30). The number of anilines is 2. The monoisotopic (exact) mass is 459 g/mol. The number of hydrogen-bond acceptors (Lipinski definition) is 7. The van der Waals surface area contributed by atoms with Crippen LogP contribution in [0.15, 0.2) is 71.8 Å². The van der Waals surface area contributed by atoms with E-state index < -0.39 is 9.84 Å². The minimum atomic E-state index is -3.39. The largest absolute Gasteiger partial charge is 0.351 e. The second-order valence-electron chi connectivity index (χ2n) is 7.96. The predicted octanol–water partition coefficient (Wildman–Crippen LogP) is 3.38. The van der Waals surface area contributed by atoms with Gasteiger partial charge in [0.1, 0.15) is 5.82 Å². The SMILES string of the molecule is Cc1ccc2nc(N3CCS(=O)(=O)c4ccccc4C3)cc(NC(=O)c3cccnn3)c2c1. The summed E-state index contributed by atoms with van der Waals surface area (Å²) in [5.74, 6) is 0.193. The second kappa shape index (κ2) is 8.25. The van der Waals surface area contributed by atoms with E-state index in [0.29, 0.717) is 35.0 Å². The lowest BCUT2D eigenvalue weighted by atomic mass is 10.1. The number of fused-ring (bicyclic) bond motifs is 2. The molecule has 3 heterocycles. The lowest BCUT2D eigenvalue weighted by molar-refractivity contribution is 0.102. The molecule has 0 bridgehead atoms. The lowest BCUT2D eigenvalue weighted by Gasteiger charge is -2.23. The normalized spacial score (nSPS) is 15.0. The summed E-state index contributed by atoms with van der Waals surface area (Å²) < 4.78 is 25.5. The first-order valence-electron chi connectivity index (χ1n) is 10.5. The van der Waals surface area contributed by atoms with E-state index in [0.717, 1.165) is 16.5 Å². The second-order valence-corrected chi connectivity index (χ2v) is 10.0. The average Bonchev–Trinajstić information content (AvgIpc) is 2.96. The van der Waals surface area contributed by atoms with Crippen LogP contribution in [0.2, 0.25) is 0 Å². The van der Waals surface area contributed by atoms with Crippen LogP contribution in [0, 0.1) is 6.92 Å². The number of nitrogens with one attached hydrogen (secondary N) is 1. The molecule has 0 saturated carbocycles. The van der Waals surface area contributed by atoms with E-state index in [4.69, 9.17) is 4.98 Å². The molecule has 0 spiro atoms. The molecule has 1 aliphatic rings. The molecule has 0 aliphatic carbocycles. The summed E-state index contributed by atoms with van der Waals surface area (Å²) in [5.41, 5.74) is 3.24. The van der Waals surface area contributed by atoms with Gasteiger partial charge in [-0.05, 0) is 42.8 Å². The van der Waals surface area contributed by atoms with Crippen LogP contribution >= 0.6 is 0 Å². The fourth-order valence-electron chi connectivity index (χ4n) is 3.96. The Morgan fingerprint density at radius 2 is 1.91 bits per heavy atom. The molecule has 9 heteroatoms. The Bertz CT molecular complexity index is 1470. The zero-order valence-corrected chi connectivity index (χ0v) is 18.7. The van der Waals surface area contributed by atoms with E-state index in [1.54, 1.807) is 30.3 Å². The van der Waals surface area contributed by atoms with E-state index in [9.17, 15) is 13.2 Å². The number of pyridine rings is 1. The van der Waals surface area contributed by atoms with Gasteiger partial charge in [-0.3, -0.25) is 4.79 Å². The van der Waals surface area contributed by atoms with Crippen molar-refractivity contribution in [2.75, 3.05) is 22.5 Å². The maximum atomic E-state index is 12.8. The summed E-state index contributed by atoms with van der Waals surface area (Å²) in [6.45, 7) is 2.66. The van der Waals surface area contributed by atoms with Crippen LogP contribution in [-0.2, 0) is 16.4 Å². The third kappa shape index (κ3) is 4.14. The highest BCUT2D eigenvalue weighted by Gasteiger charge is 2.26. The first kappa shape index (κ1) is 21.0. The highest BCUT2D eigenvalue weighted by atomic mass is 32.2. The fraction of sp³-hybridized carbons (Fsp3) is 0.167. The summed E-state index contributed by atoms with van der Waals surface area (Å²) >= 11 is 0. The van der Waals surface area contributed by atoms with E-state index in [-0.39, 0.29) is 17.4 Å². The molecule has 1 aliphatic heterocycles. The van der Waals surface area contributed by atoms with Crippen LogP contribution in [0.5, 0.6) is 0 Å². The number of sulfone groups is 1. The molecule has 4 aromatic rings. The molecule has 166 valence electrons. The maximum absolute atomic E-state index is 12.8. The molecule has 2 aromatic carbocycles. The summed E-state index contributed by atoms with van der Waals surface area (Å²) in [6.07, 6.45) is 1.51. The van der Waals surface area contributed by atoms with Crippen molar-refractivity contribution in [3.8, 4) is 0 Å². The van der Waals surface area contributed by atoms with Gasteiger partial charge in [0.25, 0.3) is 5.91 Å².